The highest BCUT2D eigenvalue weighted by Gasteiger charge is 2.25. The van der Waals surface area contributed by atoms with Gasteiger partial charge in [0.25, 0.3) is 0 Å². The molecule has 0 unspecified atom stereocenters. The van der Waals surface area contributed by atoms with Crippen molar-refractivity contribution in [1.82, 2.24) is 29.2 Å². The summed E-state index contributed by atoms with van der Waals surface area (Å²) in [5, 5.41) is 3.56. The van der Waals surface area contributed by atoms with Gasteiger partial charge in [0.1, 0.15) is 5.65 Å². The Bertz CT molecular complexity index is 1410. The van der Waals surface area contributed by atoms with Gasteiger partial charge in [0.05, 0.1) is 25.5 Å². The summed E-state index contributed by atoms with van der Waals surface area (Å²) in [6, 6.07) is 2.86. The van der Waals surface area contributed by atoms with Gasteiger partial charge in [0.15, 0.2) is 28.8 Å². The minimum atomic E-state index is -0.825. The summed E-state index contributed by atoms with van der Waals surface area (Å²) < 4.78 is 43.2. The molecule has 3 aromatic heterocycles. The van der Waals surface area contributed by atoms with E-state index in [2.05, 4.69) is 32.1 Å². The van der Waals surface area contributed by atoms with Gasteiger partial charge in [0.2, 0.25) is 5.95 Å². The van der Waals surface area contributed by atoms with Crippen LogP contribution in [0.15, 0.2) is 24.5 Å². The van der Waals surface area contributed by atoms with Crippen molar-refractivity contribution in [2.75, 3.05) is 66.4 Å². The molecule has 1 aliphatic rings. The summed E-state index contributed by atoms with van der Waals surface area (Å²) in [6.07, 6.45) is 5.17. The predicted molar refractivity (Wildman–Crippen MR) is 139 cm³/mol. The molecule has 5 rings (SSSR count). The van der Waals surface area contributed by atoms with Gasteiger partial charge in [-0.2, -0.15) is 4.98 Å². The van der Waals surface area contributed by atoms with Crippen LogP contribution in [0.25, 0.3) is 27.8 Å². The minimum Gasteiger partial charge on any atom is -0.494 e. The fourth-order valence-electron chi connectivity index (χ4n) is 4.78. The molecule has 0 spiro atoms. The van der Waals surface area contributed by atoms with E-state index in [1.165, 1.54) is 20.3 Å². The summed E-state index contributed by atoms with van der Waals surface area (Å²) >= 11 is 0. The second-order valence-corrected chi connectivity index (χ2v) is 9.24. The molecule has 4 heterocycles. The zero-order chi connectivity index (χ0) is 26.1. The second kappa shape index (κ2) is 10.4. The number of likely N-dealkylation sites (N-methyl/N-ethyl adjacent to an activating group) is 1. The number of hydrogen-bond acceptors (Lipinski definition) is 8. The molecule has 196 valence electrons. The van der Waals surface area contributed by atoms with Crippen LogP contribution in [0.1, 0.15) is 12.1 Å². The monoisotopic (exact) mass is 511 g/mol. The Morgan fingerprint density at radius 3 is 2.32 bits per heavy atom. The number of aryl methyl sites for hydroxylation is 1. The number of nitrogens with one attached hydrogen (secondary N) is 1. The highest BCUT2D eigenvalue weighted by molar-refractivity contribution is 5.91. The first-order chi connectivity index (χ1) is 17.9. The molecule has 4 aromatic rings. The number of nitrogens with zero attached hydrogens (tertiary/aromatic N) is 6. The van der Waals surface area contributed by atoms with Gasteiger partial charge < -0.3 is 24.6 Å². The standard InChI is InChI=1S/C26H31F2N7O2/c1-29-26-30-14-16-12-18(21-22(27)19(36-3)13-20(37-4)23(21)28)25-31-17(15-35(25)24(16)32-26)6-5-7-34-10-8-33(2)9-11-34/h12-15H,5-11H2,1-4H3,(H,29,30,32). The van der Waals surface area contributed by atoms with Crippen molar-refractivity contribution in [2.45, 2.75) is 12.8 Å². The molecular formula is C26H31F2N7O2. The maximum atomic E-state index is 15.5. The van der Waals surface area contributed by atoms with Crippen LogP contribution in [-0.2, 0) is 6.42 Å². The van der Waals surface area contributed by atoms with Crippen molar-refractivity contribution in [3.63, 3.8) is 0 Å². The number of piperazine rings is 1. The number of aromatic nitrogens is 4. The number of halogens is 2. The molecule has 1 aromatic carbocycles. The summed E-state index contributed by atoms with van der Waals surface area (Å²) in [6.45, 7) is 5.21. The van der Waals surface area contributed by atoms with Crippen LogP contribution in [0.4, 0.5) is 14.7 Å². The van der Waals surface area contributed by atoms with E-state index < -0.39 is 11.6 Å². The number of hydrogen-bond donors (Lipinski definition) is 1. The van der Waals surface area contributed by atoms with E-state index in [0.717, 1.165) is 51.3 Å². The molecule has 1 N–H and O–H groups in total. The number of ether oxygens (including phenoxy) is 2. The highest BCUT2D eigenvalue weighted by atomic mass is 19.1. The number of pyridine rings is 1. The lowest BCUT2D eigenvalue weighted by atomic mass is 10.0. The van der Waals surface area contributed by atoms with Crippen LogP contribution >= 0.6 is 0 Å². The molecule has 0 aliphatic carbocycles. The third kappa shape index (κ3) is 4.76. The number of benzene rings is 1. The molecule has 1 aliphatic heterocycles. The fraction of sp³-hybridized carbons (Fsp3) is 0.423. The van der Waals surface area contributed by atoms with E-state index >= 15 is 8.78 Å². The molecule has 0 saturated carbocycles. The molecule has 0 radical (unpaired) electrons. The van der Waals surface area contributed by atoms with Crippen LogP contribution in [-0.4, -0.2) is 90.2 Å². The average molecular weight is 512 g/mol. The van der Waals surface area contributed by atoms with Crippen LogP contribution in [0.3, 0.4) is 0 Å². The minimum absolute atomic E-state index is 0.118. The highest BCUT2D eigenvalue weighted by Crippen LogP contribution is 2.40. The Morgan fingerprint density at radius 2 is 1.68 bits per heavy atom. The van der Waals surface area contributed by atoms with Crippen molar-refractivity contribution in [2.24, 2.45) is 0 Å². The van der Waals surface area contributed by atoms with Crippen molar-refractivity contribution in [1.29, 1.82) is 0 Å². The van der Waals surface area contributed by atoms with E-state index in [-0.39, 0.29) is 22.6 Å². The topological polar surface area (TPSA) is 80.1 Å². The second-order valence-electron chi connectivity index (χ2n) is 9.24. The van der Waals surface area contributed by atoms with Gasteiger partial charge in [-0.05, 0) is 32.5 Å². The number of methoxy groups -OCH3 is 2. The van der Waals surface area contributed by atoms with E-state index in [9.17, 15) is 0 Å². The van der Waals surface area contributed by atoms with E-state index in [0.29, 0.717) is 22.6 Å². The smallest absolute Gasteiger partial charge is 0.224 e. The number of rotatable bonds is 8. The first-order valence-electron chi connectivity index (χ1n) is 12.3. The van der Waals surface area contributed by atoms with Crippen LogP contribution in [0.5, 0.6) is 11.5 Å². The number of fused-ring (bicyclic) bond motifs is 3. The first kappa shape index (κ1) is 25.1. The Morgan fingerprint density at radius 1 is 0.973 bits per heavy atom. The summed E-state index contributed by atoms with van der Waals surface area (Å²) in [5.41, 5.74) is 1.81. The Hall–Kier alpha value is -3.57. The number of anilines is 1. The molecule has 1 saturated heterocycles. The maximum absolute atomic E-state index is 15.5. The molecule has 9 nitrogen and oxygen atoms in total. The zero-order valence-corrected chi connectivity index (χ0v) is 21.5. The lowest BCUT2D eigenvalue weighted by Crippen LogP contribution is -2.44. The van der Waals surface area contributed by atoms with Crippen molar-refractivity contribution < 1.29 is 18.3 Å². The fourth-order valence-corrected chi connectivity index (χ4v) is 4.78. The number of imidazole rings is 1. The van der Waals surface area contributed by atoms with Gasteiger partial charge in [-0.25, -0.2) is 18.7 Å². The van der Waals surface area contributed by atoms with Gasteiger partial charge in [-0.15, -0.1) is 0 Å². The third-order valence-electron chi connectivity index (χ3n) is 6.89. The van der Waals surface area contributed by atoms with Crippen LogP contribution in [0, 0.1) is 11.6 Å². The van der Waals surface area contributed by atoms with E-state index in [4.69, 9.17) is 14.5 Å². The molecule has 0 bridgehead atoms. The Labute approximate surface area is 214 Å². The molecule has 11 heteroatoms. The Balaban J connectivity index is 1.60. The zero-order valence-electron chi connectivity index (χ0n) is 21.5. The first-order valence-corrected chi connectivity index (χ1v) is 12.3. The molecule has 37 heavy (non-hydrogen) atoms. The normalized spacial score (nSPS) is 15.0. The Kier molecular flexibility index (Phi) is 7.07. The third-order valence-corrected chi connectivity index (χ3v) is 6.89. The van der Waals surface area contributed by atoms with Crippen molar-refractivity contribution >= 4 is 22.6 Å². The summed E-state index contributed by atoms with van der Waals surface area (Å²) in [4.78, 5) is 18.5. The molecular weight excluding hydrogens is 480 g/mol. The summed E-state index contributed by atoms with van der Waals surface area (Å²) in [7, 11) is 6.54. The summed E-state index contributed by atoms with van der Waals surface area (Å²) in [5.74, 6) is -1.45. The van der Waals surface area contributed by atoms with Gasteiger partial charge >= 0.3 is 0 Å². The lowest BCUT2D eigenvalue weighted by molar-refractivity contribution is 0.153. The molecule has 0 amide bonds. The maximum Gasteiger partial charge on any atom is 0.224 e. The largest absolute Gasteiger partial charge is 0.494 e. The van der Waals surface area contributed by atoms with Crippen molar-refractivity contribution in [3.05, 3.63) is 41.9 Å². The quantitative estimate of drug-likeness (QED) is 0.385. The van der Waals surface area contributed by atoms with Gasteiger partial charge in [-0.3, -0.25) is 4.40 Å². The lowest BCUT2D eigenvalue weighted by Gasteiger charge is -2.32. The van der Waals surface area contributed by atoms with Crippen LogP contribution < -0.4 is 14.8 Å². The average Bonchev–Trinajstić information content (AvgIpc) is 3.34. The van der Waals surface area contributed by atoms with Gasteiger partial charge in [-0.1, -0.05) is 0 Å². The SMILES string of the molecule is CNc1ncc2cc(-c3c(F)c(OC)cc(OC)c3F)c3nc(CCCN4CCN(C)CC4)cn3c2n1. The predicted octanol–water partition coefficient (Wildman–Crippen LogP) is 3.46. The van der Waals surface area contributed by atoms with Crippen LogP contribution in [0.2, 0.25) is 0 Å². The van der Waals surface area contributed by atoms with Crippen molar-refractivity contribution in [3.8, 4) is 22.6 Å². The van der Waals surface area contributed by atoms with E-state index in [1.54, 1.807) is 23.7 Å². The molecule has 0 atom stereocenters. The van der Waals surface area contributed by atoms with E-state index in [1.807, 2.05) is 6.20 Å². The van der Waals surface area contributed by atoms with Gasteiger partial charge in [0, 0.05) is 62.6 Å². The molecule has 1 fully saturated rings.